The maximum Gasteiger partial charge on any atom is 0.293 e. The third-order valence-corrected chi connectivity index (χ3v) is 2.75. The van der Waals surface area contributed by atoms with E-state index in [0.717, 1.165) is 6.04 Å². The lowest BCUT2D eigenvalue weighted by molar-refractivity contribution is -0.138. The molecule has 1 saturated heterocycles. The van der Waals surface area contributed by atoms with Crippen LogP contribution in [0.2, 0.25) is 0 Å². The minimum atomic E-state index is -0.318. The average Bonchev–Trinajstić information content (AvgIpc) is 2.28. The standard InChI is InChI=1S/C8H18N2.C5H10O2/c1-3-8-7-9-5-6-10(8)4-2;1-5(2,3)7-4-6/h8-9H,3-7H2,1-2H3;4H,1-3H3. The first-order valence-electron chi connectivity index (χ1n) is 6.50. The first-order chi connectivity index (χ1) is 7.94. The number of likely N-dealkylation sites (N-methyl/N-ethyl adjacent to an activating group) is 1. The molecule has 4 nitrogen and oxygen atoms in total. The second kappa shape index (κ2) is 8.48. The number of rotatable bonds is 3. The summed E-state index contributed by atoms with van der Waals surface area (Å²) in [6, 6.07) is 0.791. The normalized spacial score (nSPS) is 21.4. The van der Waals surface area contributed by atoms with Crippen molar-refractivity contribution in [2.24, 2.45) is 0 Å². The Bertz CT molecular complexity index is 190. The van der Waals surface area contributed by atoms with Gasteiger partial charge in [-0.25, -0.2) is 0 Å². The van der Waals surface area contributed by atoms with Gasteiger partial charge in [0.25, 0.3) is 6.47 Å². The largest absolute Gasteiger partial charge is 0.462 e. The fourth-order valence-corrected chi connectivity index (χ4v) is 1.77. The number of hydrogen-bond donors (Lipinski definition) is 1. The van der Waals surface area contributed by atoms with Gasteiger partial charge in [-0.15, -0.1) is 0 Å². The lowest BCUT2D eigenvalue weighted by Crippen LogP contribution is -2.50. The molecule has 1 fully saturated rings. The number of carbonyl (C=O) groups excluding carboxylic acids is 1. The van der Waals surface area contributed by atoms with E-state index in [-0.39, 0.29) is 5.60 Å². The van der Waals surface area contributed by atoms with Crippen molar-refractivity contribution >= 4 is 6.47 Å². The number of piperazine rings is 1. The molecule has 0 aromatic heterocycles. The van der Waals surface area contributed by atoms with Crippen LogP contribution in [0, 0.1) is 0 Å². The quantitative estimate of drug-likeness (QED) is 0.767. The van der Waals surface area contributed by atoms with Crippen molar-refractivity contribution < 1.29 is 9.53 Å². The van der Waals surface area contributed by atoms with Gasteiger partial charge in [0.05, 0.1) is 0 Å². The van der Waals surface area contributed by atoms with Crippen molar-refractivity contribution in [1.29, 1.82) is 0 Å². The van der Waals surface area contributed by atoms with Gasteiger partial charge < -0.3 is 10.1 Å². The second-order valence-corrected chi connectivity index (χ2v) is 5.22. The smallest absolute Gasteiger partial charge is 0.293 e. The van der Waals surface area contributed by atoms with Crippen LogP contribution >= 0.6 is 0 Å². The molecule has 0 aromatic carbocycles. The van der Waals surface area contributed by atoms with Crippen molar-refractivity contribution in [3.63, 3.8) is 0 Å². The molecule has 0 aliphatic carbocycles. The summed E-state index contributed by atoms with van der Waals surface area (Å²) in [4.78, 5) is 12.2. The van der Waals surface area contributed by atoms with Crippen molar-refractivity contribution in [2.45, 2.75) is 52.7 Å². The minimum absolute atomic E-state index is 0.318. The summed E-state index contributed by atoms with van der Waals surface area (Å²) in [6.45, 7) is 15.2. The van der Waals surface area contributed by atoms with Gasteiger partial charge in [-0.05, 0) is 33.7 Å². The van der Waals surface area contributed by atoms with Gasteiger partial charge in [-0.1, -0.05) is 13.8 Å². The fraction of sp³-hybridized carbons (Fsp3) is 0.923. The molecule has 0 radical (unpaired) electrons. The van der Waals surface area contributed by atoms with E-state index in [1.165, 1.54) is 32.6 Å². The van der Waals surface area contributed by atoms with Gasteiger partial charge >= 0.3 is 0 Å². The molecule has 0 saturated carbocycles. The van der Waals surface area contributed by atoms with Gasteiger partial charge in [-0.3, -0.25) is 9.69 Å². The first-order valence-corrected chi connectivity index (χ1v) is 6.50. The fourth-order valence-electron chi connectivity index (χ4n) is 1.77. The van der Waals surface area contributed by atoms with Crippen LogP contribution in [0.1, 0.15) is 41.0 Å². The first kappa shape index (κ1) is 16.4. The van der Waals surface area contributed by atoms with E-state index in [0.29, 0.717) is 6.47 Å². The van der Waals surface area contributed by atoms with E-state index < -0.39 is 0 Å². The highest BCUT2D eigenvalue weighted by molar-refractivity contribution is 5.37. The maximum absolute atomic E-state index is 9.60. The SMILES string of the molecule is CC(C)(C)OC=O.CCC1CNCCN1CC. The summed E-state index contributed by atoms with van der Waals surface area (Å²) in [6.07, 6.45) is 1.28. The summed E-state index contributed by atoms with van der Waals surface area (Å²) in [5, 5.41) is 3.41. The average molecular weight is 244 g/mol. The van der Waals surface area contributed by atoms with Crippen molar-refractivity contribution in [3.8, 4) is 0 Å². The molecule has 1 atom stereocenters. The van der Waals surface area contributed by atoms with E-state index in [4.69, 9.17) is 0 Å². The predicted octanol–water partition coefficient (Wildman–Crippen LogP) is 1.65. The molecule has 4 heteroatoms. The molecule has 0 aromatic rings. The summed E-state index contributed by atoms with van der Waals surface area (Å²) < 4.78 is 4.55. The van der Waals surface area contributed by atoms with Gasteiger partial charge in [-0.2, -0.15) is 0 Å². The van der Waals surface area contributed by atoms with Crippen molar-refractivity contribution in [1.82, 2.24) is 10.2 Å². The van der Waals surface area contributed by atoms with Gasteiger partial charge in [0.15, 0.2) is 0 Å². The Morgan fingerprint density at radius 1 is 1.41 bits per heavy atom. The molecule has 1 N–H and O–H groups in total. The van der Waals surface area contributed by atoms with E-state index >= 15 is 0 Å². The topological polar surface area (TPSA) is 41.6 Å². The Balaban J connectivity index is 0.000000325. The van der Waals surface area contributed by atoms with Crippen LogP contribution in [-0.2, 0) is 9.53 Å². The van der Waals surface area contributed by atoms with Crippen molar-refractivity contribution in [3.05, 3.63) is 0 Å². The van der Waals surface area contributed by atoms with Crippen LogP contribution in [0.3, 0.4) is 0 Å². The van der Waals surface area contributed by atoms with E-state index in [1.54, 1.807) is 0 Å². The van der Waals surface area contributed by atoms with Gasteiger partial charge in [0, 0.05) is 25.7 Å². The zero-order valence-corrected chi connectivity index (χ0v) is 12.0. The number of hydrogen-bond acceptors (Lipinski definition) is 4. The minimum Gasteiger partial charge on any atom is -0.462 e. The zero-order chi connectivity index (χ0) is 13.3. The zero-order valence-electron chi connectivity index (χ0n) is 12.0. The summed E-state index contributed by atoms with van der Waals surface area (Å²) >= 11 is 0. The van der Waals surface area contributed by atoms with Crippen LogP contribution in [0.25, 0.3) is 0 Å². The highest BCUT2D eigenvalue weighted by atomic mass is 16.5. The molecule has 1 heterocycles. The molecule has 102 valence electrons. The Hall–Kier alpha value is -0.610. The van der Waals surface area contributed by atoms with E-state index in [1.807, 2.05) is 20.8 Å². The monoisotopic (exact) mass is 244 g/mol. The third-order valence-electron chi connectivity index (χ3n) is 2.75. The van der Waals surface area contributed by atoms with Gasteiger partial charge in [0.2, 0.25) is 0 Å². The Morgan fingerprint density at radius 3 is 2.35 bits per heavy atom. The molecule has 0 bridgehead atoms. The molecular formula is C13H28N2O2. The molecule has 1 aliphatic heterocycles. The molecular weight excluding hydrogens is 216 g/mol. The Morgan fingerprint density at radius 2 is 2.06 bits per heavy atom. The molecule has 0 amide bonds. The number of carbonyl (C=O) groups is 1. The number of ether oxygens (including phenoxy) is 1. The maximum atomic E-state index is 9.60. The molecule has 1 aliphatic rings. The summed E-state index contributed by atoms with van der Waals surface area (Å²) in [5.41, 5.74) is -0.318. The van der Waals surface area contributed by atoms with Gasteiger partial charge in [0.1, 0.15) is 5.60 Å². The van der Waals surface area contributed by atoms with Crippen molar-refractivity contribution in [2.75, 3.05) is 26.2 Å². The van der Waals surface area contributed by atoms with E-state index in [9.17, 15) is 4.79 Å². The summed E-state index contributed by atoms with van der Waals surface area (Å²) in [5.74, 6) is 0. The highest BCUT2D eigenvalue weighted by Crippen LogP contribution is 2.05. The summed E-state index contributed by atoms with van der Waals surface area (Å²) in [7, 11) is 0. The lowest BCUT2D eigenvalue weighted by atomic mass is 10.1. The number of nitrogens with zero attached hydrogens (tertiary/aromatic N) is 1. The highest BCUT2D eigenvalue weighted by Gasteiger charge is 2.17. The molecule has 17 heavy (non-hydrogen) atoms. The predicted molar refractivity (Wildman–Crippen MR) is 71.1 cm³/mol. The number of nitrogens with one attached hydrogen (secondary N) is 1. The lowest BCUT2D eigenvalue weighted by Gasteiger charge is -2.34. The van der Waals surface area contributed by atoms with Crippen LogP contribution in [0.15, 0.2) is 0 Å². The van der Waals surface area contributed by atoms with Crippen LogP contribution < -0.4 is 5.32 Å². The van der Waals surface area contributed by atoms with E-state index in [2.05, 4.69) is 28.8 Å². The Labute approximate surface area is 106 Å². The van der Waals surface area contributed by atoms with Crippen LogP contribution in [-0.4, -0.2) is 49.2 Å². The molecule has 1 unspecified atom stereocenters. The molecule has 0 spiro atoms. The third kappa shape index (κ3) is 8.16. The molecule has 1 rings (SSSR count). The van der Waals surface area contributed by atoms with Crippen LogP contribution in [0.5, 0.6) is 0 Å². The second-order valence-electron chi connectivity index (χ2n) is 5.22. The Kier molecular flexibility index (Phi) is 8.17. The van der Waals surface area contributed by atoms with Crippen LogP contribution in [0.4, 0.5) is 0 Å².